The SMILES string of the molecule is Cc1cccc(C)c1Nc1ccc(NS(=O)(=O)c2cccc(Cl)c2)nc1. The maximum atomic E-state index is 12.4. The zero-order chi connectivity index (χ0) is 18.7. The molecule has 26 heavy (non-hydrogen) atoms. The largest absolute Gasteiger partial charge is 0.354 e. The molecule has 0 spiro atoms. The van der Waals surface area contributed by atoms with Gasteiger partial charge in [-0.3, -0.25) is 4.72 Å². The summed E-state index contributed by atoms with van der Waals surface area (Å²) in [6.45, 7) is 4.05. The van der Waals surface area contributed by atoms with Gasteiger partial charge in [-0.1, -0.05) is 35.9 Å². The first-order chi connectivity index (χ1) is 12.3. The number of hydrogen-bond donors (Lipinski definition) is 2. The van der Waals surface area contributed by atoms with Crippen molar-refractivity contribution in [3.8, 4) is 0 Å². The van der Waals surface area contributed by atoms with Crippen molar-refractivity contribution in [3.05, 3.63) is 76.9 Å². The Balaban J connectivity index is 1.78. The highest BCUT2D eigenvalue weighted by Crippen LogP contribution is 2.25. The van der Waals surface area contributed by atoms with Gasteiger partial charge in [0.15, 0.2) is 0 Å². The molecule has 0 bridgehead atoms. The van der Waals surface area contributed by atoms with E-state index in [-0.39, 0.29) is 10.7 Å². The molecule has 134 valence electrons. The molecular weight excluding hydrogens is 370 g/mol. The minimum atomic E-state index is -3.74. The van der Waals surface area contributed by atoms with Crippen molar-refractivity contribution in [2.75, 3.05) is 10.0 Å². The van der Waals surface area contributed by atoms with Crippen LogP contribution in [0.25, 0.3) is 0 Å². The lowest BCUT2D eigenvalue weighted by atomic mass is 10.1. The highest BCUT2D eigenvalue weighted by Gasteiger charge is 2.15. The van der Waals surface area contributed by atoms with Crippen LogP contribution in [0.5, 0.6) is 0 Å². The summed E-state index contributed by atoms with van der Waals surface area (Å²) in [6.07, 6.45) is 1.59. The Morgan fingerprint density at radius 3 is 2.27 bits per heavy atom. The summed E-state index contributed by atoms with van der Waals surface area (Å²) in [4.78, 5) is 4.27. The molecule has 1 heterocycles. The summed E-state index contributed by atoms with van der Waals surface area (Å²) < 4.78 is 27.2. The molecule has 0 saturated heterocycles. The molecular formula is C19H18ClN3O2S. The molecule has 0 fully saturated rings. The summed E-state index contributed by atoms with van der Waals surface area (Å²) in [6, 6.07) is 15.5. The second-order valence-corrected chi connectivity index (χ2v) is 8.01. The Kier molecular flexibility index (Phi) is 5.15. The molecule has 5 nitrogen and oxygen atoms in total. The van der Waals surface area contributed by atoms with Crippen molar-refractivity contribution in [1.82, 2.24) is 4.98 Å². The Morgan fingerprint density at radius 1 is 0.962 bits per heavy atom. The summed E-state index contributed by atoms with van der Waals surface area (Å²) in [7, 11) is -3.74. The Labute approximate surface area is 158 Å². The van der Waals surface area contributed by atoms with Crippen LogP contribution in [0.4, 0.5) is 17.2 Å². The Hall–Kier alpha value is -2.57. The van der Waals surface area contributed by atoms with Crippen molar-refractivity contribution in [2.24, 2.45) is 0 Å². The Morgan fingerprint density at radius 2 is 1.65 bits per heavy atom. The van der Waals surface area contributed by atoms with Gasteiger partial charge in [-0.25, -0.2) is 13.4 Å². The highest BCUT2D eigenvalue weighted by molar-refractivity contribution is 7.92. The van der Waals surface area contributed by atoms with Crippen LogP contribution >= 0.6 is 11.6 Å². The van der Waals surface area contributed by atoms with Crippen molar-refractivity contribution in [2.45, 2.75) is 18.7 Å². The molecule has 0 atom stereocenters. The van der Waals surface area contributed by atoms with Gasteiger partial charge < -0.3 is 5.32 Å². The predicted octanol–water partition coefficient (Wildman–Crippen LogP) is 4.90. The maximum Gasteiger partial charge on any atom is 0.263 e. The summed E-state index contributed by atoms with van der Waals surface area (Å²) >= 11 is 5.86. The van der Waals surface area contributed by atoms with E-state index in [9.17, 15) is 8.42 Å². The highest BCUT2D eigenvalue weighted by atomic mass is 35.5. The first-order valence-corrected chi connectivity index (χ1v) is 9.79. The van der Waals surface area contributed by atoms with E-state index < -0.39 is 10.0 Å². The molecule has 0 saturated carbocycles. The number of para-hydroxylation sites is 1. The van der Waals surface area contributed by atoms with Crippen LogP contribution in [0.1, 0.15) is 11.1 Å². The van der Waals surface area contributed by atoms with Crippen molar-refractivity contribution >= 4 is 38.8 Å². The molecule has 0 aliphatic rings. The fourth-order valence-corrected chi connectivity index (χ4v) is 3.82. The van der Waals surface area contributed by atoms with Crippen LogP contribution in [-0.4, -0.2) is 13.4 Å². The number of anilines is 3. The molecule has 0 aliphatic carbocycles. The van der Waals surface area contributed by atoms with E-state index in [1.165, 1.54) is 12.1 Å². The summed E-state index contributed by atoms with van der Waals surface area (Å²) in [5, 5.41) is 3.67. The number of benzene rings is 2. The smallest absolute Gasteiger partial charge is 0.263 e. The third-order valence-electron chi connectivity index (χ3n) is 3.86. The molecule has 3 aromatic rings. The average Bonchev–Trinajstić information content (AvgIpc) is 2.59. The van der Waals surface area contributed by atoms with E-state index in [1.807, 2.05) is 32.0 Å². The Bertz CT molecular complexity index is 1010. The number of nitrogens with one attached hydrogen (secondary N) is 2. The van der Waals surface area contributed by atoms with Crippen molar-refractivity contribution in [3.63, 3.8) is 0 Å². The van der Waals surface area contributed by atoms with Gasteiger partial charge in [-0.2, -0.15) is 0 Å². The van der Waals surface area contributed by atoms with Crippen molar-refractivity contribution in [1.29, 1.82) is 0 Å². The molecule has 2 N–H and O–H groups in total. The van der Waals surface area contributed by atoms with Crippen LogP contribution in [0.2, 0.25) is 5.02 Å². The lowest BCUT2D eigenvalue weighted by molar-refractivity contribution is 0.601. The third kappa shape index (κ3) is 4.15. The standard InChI is InChI=1S/C19H18ClN3O2S/c1-13-5-3-6-14(2)19(13)22-16-9-10-18(21-12-16)23-26(24,25)17-8-4-7-15(20)11-17/h3-12,22H,1-2H3,(H,21,23). The lowest BCUT2D eigenvalue weighted by Crippen LogP contribution is -2.13. The number of hydrogen-bond acceptors (Lipinski definition) is 4. The third-order valence-corrected chi connectivity index (χ3v) is 5.45. The minimum Gasteiger partial charge on any atom is -0.354 e. The van der Waals surface area contributed by atoms with Crippen LogP contribution < -0.4 is 10.0 Å². The number of aromatic nitrogens is 1. The first kappa shape index (κ1) is 18.2. The van der Waals surface area contributed by atoms with E-state index in [0.717, 1.165) is 22.5 Å². The maximum absolute atomic E-state index is 12.4. The molecule has 0 amide bonds. The quantitative estimate of drug-likeness (QED) is 0.653. The molecule has 7 heteroatoms. The van der Waals surface area contributed by atoms with Gasteiger partial charge in [0.25, 0.3) is 10.0 Å². The molecule has 3 rings (SSSR count). The van der Waals surface area contributed by atoms with Crippen LogP contribution in [0, 0.1) is 13.8 Å². The van der Waals surface area contributed by atoms with Gasteiger partial charge in [0.2, 0.25) is 0 Å². The second kappa shape index (κ2) is 7.35. The van der Waals surface area contributed by atoms with Crippen LogP contribution in [-0.2, 0) is 10.0 Å². The summed E-state index contributed by atoms with van der Waals surface area (Å²) in [5.74, 6) is 0.233. The lowest BCUT2D eigenvalue weighted by Gasteiger charge is -2.13. The minimum absolute atomic E-state index is 0.0875. The molecule has 2 aromatic carbocycles. The predicted molar refractivity (Wildman–Crippen MR) is 106 cm³/mol. The average molecular weight is 388 g/mol. The monoisotopic (exact) mass is 387 g/mol. The number of rotatable bonds is 5. The molecule has 1 aromatic heterocycles. The molecule has 0 unspecified atom stereocenters. The summed E-state index contributed by atoms with van der Waals surface area (Å²) in [5.41, 5.74) is 4.03. The van der Waals surface area contributed by atoms with E-state index in [2.05, 4.69) is 15.0 Å². The van der Waals surface area contributed by atoms with E-state index >= 15 is 0 Å². The number of sulfonamides is 1. The van der Waals surface area contributed by atoms with Gasteiger partial charge in [-0.05, 0) is 55.3 Å². The van der Waals surface area contributed by atoms with Crippen LogP contribution in [0.3, 0.4) is 0 Å². The van der Waals surface area contributed by atoms with Gasteiger partial charge in [0.1, 0.15) is 5.82 Å². The zero-order valence-corrected chi connectivity index (χ0v) is 15.9. The molecule has 0 aliphatic heterocycles. The fraction of sp³-hybridized carbons (Fsp3) is 0.105. The van der Waals surface area contributed by atoms with Gasteiger partial charge in [0, 0.05) is 10.7 Å². The topological polar surface area (TPSA) is 71.1 Å². The molecule has 0 radical (unpaired) electrons. The number of nitrogens with zero attached hydrogens (tertiary/aromatic N) is 1. The number of pyridine rings is 1. The number of halogens is 1. The fourth-order valence-electron chi connectivity index (χ4n) is 2.51. The zero-order valence-electron chi connectivity index (χ0n) is 14.3. The normalized spacial score (nSPS) is 11.2. The number of aryl methyl sites for hydroxylation is 2. The second-order valence-electron chi connectivity index (χ2n) is 5.89. The van der Waals surface area contributed by atoms with E-state index in [0.29, 0.717) is 5.02 Å². The van der Waals surface area contributed by atoms with E-state index in [1.54, 1.807) is 30.5 Å². The van der Waals surface area contributed by atoms with Crippen molar-refractivity contribution < 1.29 is 8.42 Å². The van der Waals surface area contributed by atoms with Gasteiger partial charge in [0.05, 0.1) is 16.8 Å². The first-order valence-electron chi connectivity index (χ1n) is 7.93. The van der Waals surface area contributed by atoms with Crippen LogP contribution in [0.15, 0.2) is 65.7 Å². The van der Waals surface area contributed by atoms with Gasteiger partial charge in [-0.15, -0.1) is 0 Å². The van der Waals surface area contributed by atoms with Gasteiger partial charge >= 0.3 is 0 Å². The van der Waals surface area contributed by atoms with E-state index in [4.69, 9.17) is 11.6 Å².